The first kappa shape index (κ1) is 13.2. The lowest BCUT2D eigenvalue weighted by Gasteiger charge is -2.10. The molecule has 0 unspecified atom stereocenters. The number of alkyl halides is 3. The van der Waals surface area contributed by atoms with E-state index in [0.717, 1.165) is 12.1 Å². The number of anilines is 3. The molecule has 3 rings (SSSR count). The molecule has 3 aromatic rings. The Labute approximate surface area is 116 Å². The van der Waals surface area contributed by atoms with Crippen molar-refractivity contribution in [1.29, 1.82) is 0 Å². The summed E-state index contributed by atoms with van der Waals surface area (Å²) in [6, 6.07) is 8.02. The average Bonchev–Trinajstić information content (AvgIpc) is 2.92. The Morgan fingerprint density at radius 3 is 2.57 bits per heavy atom. The molecule has 8 heteroatoms. The lowest BCUT2D eigenvalue weighted by atomic mass is 10.1. The van der Waals surface area contributed by atoms with Gasteiger partial charge in [0, 0.05) is 5.69 Å². The van der Waals surface area contributed by atoms with Gasteiger partial charge in [0.25, 0.3) is 0 Å². The van der Waals surface area contributed by atoms with Gasteiger partial charge >= 0.3 is 6.18 Å². The van der Waals surface area contributed by atoms with Gasteiger partial charge < -0.3 is 11.1 Å². The van der Waals surface area contributed by atoms with Gasteiger partial charge in [0.2, 0.25) is 0 Å². The van der Waals surface area contributed by atoms with E-state index in [-0.39, 0.29) is 5.69 Å². The molecule has 1 aromatic heterocycles. The maximum absolute atomic E-state index is 12.7. The predicted molar refractivity (Wildman–Crippen MR) is 70.9 cm³/mol. The lowest BCUT2D eigenvalue weighted by molar-refractivity contribution is -0.137. The summed E-state index contributed by atoms with van der Waals surface area (Å²) in [5.41, 5.74) is 6.79. The smallest absolute Gasteiger partial charge is 0.397 e. The Morgan fingerprint density at radius 2 is 1.81 bits per heavy atom. The summed E-state index contributed by atoms with van der Waals surface area (Å²) in [5.74, 6) is 0. The minimum absolute atomic E-state index is 0.277. The second-order valence-corrected chi connectivity index (χ2v) is 4.37. The Balaban J connectivity index is 1.99. The molecule has 0 atom stereocenters. The van der Waals surface area contributed by atoms with Crippen LogP contribution >= 0.6 is 0 Å². The number of halogens is 3. The molecule has 5 nitrogen and oxygen atoms in total. The minimum Gasteiger partial charge on any atom is -0.397 e. The molecule has 0 fully saturated rings. The monoisotopic (exact) mass is 294 g/mol. The quantitative estimate of drug-likeness (QED) is 0.706. The summed E-state index contributed by atoms with van der Waals surface area (Å²) in [5, 5.41) is 10.2. The first-order valence-electron chi connectivity index (χ1n) is 5.90. The van der Waals surface area contributed by atoms with Crippen LogP contribution in [0.25, 0.3) is 11.0 Å². The van der Waals surface area contributed by atoms with Crippen molar-refractivity contribution in [2.75, 3.05) is 11.1 Å². The number of fused-ring (bicyclic) bond motifs is 1. The molecule has 0 radical (unpaired) electrons. The van der Waals surface area contributed by atoms with E-state index in [4.69, 9.17) is 5.73 Å². The van der Waals surface area contributed by atoms with Crippen LogP contribution in [-0.4, -0.2) is 10.3 Å². The fourth-order valence-corrected chi connectivity index (χ4v) is 1.92. The van der Waals surface area contributed by atoms with E-state index in [2.05, 4.69) is 20.3 Å². The molecule has 0 amide bonds. The van der Waals surface area contributed by atoms with Crippen LogP contribution in [0, 0.1) is 0 Å². The van der Waals surface area contributed by atoms with Crippen LogP contribution in [0.2, 0.25) is 0 Å². The highest BCUT2D eigenvalue weighted by molar-refractivity contribution is 5.96. The summed E-state index contributed by atoms with van der Waals surface area (Å²) in [6.45, 7) is 0. The third kappa shape index (κ3) is 2.47. The van der Waals surface area contributed by atoms with Crippen molar-refractivity contribution < 1.29 is 17.8 Å². The van der Waals surface area contributed by atoms with E-state index >= 15 is 0 Å². The molecule has 21 heavy (non-hydrogen) atoms. The van der Waals surface area contributed by atoms with Crippen LogP contribution in [0.4, 0.5) is 30.2 Å². The molecule has 0 aliphatic rings. The molecule has 0 bridgehead atoms. The summed E-state index contributed by atoms with van der Waals surface area (Å²) < 4.78 is 42.6. The average molecular weight is 294 g/mol. The van der Waals surface area contributed by atoms with E-state index in [0.29, 0.717) is 22.4 Å². The zero-order valence-corrected chi connectivity index (χ0v) is 10.5. The van der Waals surface area contributed by atoms with Gasteiger partial charge in [-0.3, -0.25) is 0 Å². The molecular weight excluding hydrogens is 285 g/mol. The number of nitrogens with two attached hydrogens (primary N) is 1. The molecule has 0 aliphatic heterocycles. The van der Waals surface area contributed by atoms with Gasteiger partial charge in [-0.05, 0) is 40.6 Å². The van der Waals surface area contributed by atoms with Gasteiger partial charge in [-0.15, -0.1) is 0 Å². The highest BCUT2D eigenvalue weighted by Gasteiger charge is 2.30. The van der Waals surface area contributed by atoms with Gasteiger partial charge in [-0.2, -0.15) is 13.2 Å². The van der Waals surface area contributed by atoms with Crippen LogP contribution in [0.3, 0.4) is 0 Å². The van der Waals surface area contributed by atoms with Gasteiger partial charge in [0.1, 0.15) is 0 Å². The van der Waals surface area contributed by atoms with Crippen LogP contribution in [0.5, 0.6) is 0 Å². The van der Waals surface area contributed by atoms with E-state index in [9.17, 15) is 13.2 Å². The highest BCUT2D eigenvalue weighted by Crippen LogP contribution is 2.32. The third-order valence-corrected chi connectivity index (χ3v) is 2.92. The van der Waals surface area contributed by atoms with Crippen LogP contribution in [0.1, 0.15) is 5.56 Å². The Hall–Kier alpha value is -2.77. The SMILES string of the molecule is Nc1ccc(Nc2cccc(C(F)(F)F)c2)c2nonc12. The topological polar surface area (TPSA) is 77.0 Å². The minimum atomic E-state index is -4.40. The summed E-state index contributed by atoms with van der Waals surface area (Å²) in [7, 11) is 0. The van der Waals surface area contributed by atoms with Gasteiger partial charge in [0.05, 0.1) is 16.9 Å². The molecule has 0 aliphatic carbocycles. The lowest BCUT2D eigenvalue weighted by Crippen LogP contribution is -2.05. The number of hydrogen-bond donors (Lipinski definition) is 2. The van der Waals surface area contributed by atoms with Gasteiger partial charge in [0.15, 0.2) is 11.0 Å². The van der Waals surface area contributed by atoms with E-state index in [1.807, 2.05) is 0 Å². The molecular formula is C13H9F3N4O. The first-order valence-corrected chi connectivity index (χ1v) is 5.90. The number of nitrogens with one attached hydrogen (secondary N) is 1. The van der Waals surface area contributed by atoms with Crippen LogP contribution in [0.15, 0.2) is 41.0 Å². The predicted octanol–water partition coefficient (Wildman–Crippen LogP) is 3.57. The molecule has 3 N–H and O–H groups in total. The summed E-state index contributed by atoms with van der Waals surface area (Å²) >= 11 is 0. The summed E-state index contributed by atoms with van der Waals surface area (Å²) in [4.78, 5) is 0. The van der Waals surface area contributed by atoms with E-state index in [1.54, 1.807) is 12.1 Å². The maximum Gasteiger partial charge on any atom is 0.416 e. The summed E-state index contributed by atoms with van der Waals surface area (Å²) in [6.07, 6.45) is -4.40. The van der Waals surface area contributed by atoms with Gasteiger partial charge in [-0.25, -0.2) is 4.63 Å². The first-order chi connectivity index (χ1) is 9.95. The standard InChI is InChI=1S/C13H9F3N4O/c14-13(15,16)7-2-1-3-8(6-7)18-10-5-4-9(17)11-12(10)20-21-19-11/h1-6,18H,17H2. The number of nitrogen functional groups attached to an aromatic ring is 1. The zero-order chi connectivity index (χ0) is 15.0. The maximum atomic E-state index is 12.7. The number of hydrogen-bond acceptors (Lipinski definition) is 5. The molecule has 0 saturated heterocycles. The second kappa shape index (κ2) is 4.65. The van der Waals surface area contributed by atoms with E-state index < -0.39 is 11.7 Å². The zero-order valence-electron chi connectivity index (χ0n) is 10.5. The van der Waals surface area contributed by atoms with Crippen LogP contribution in [-0.2, 0) is 6.18 Å². The van der Waals surface area contributed by atoms with Crippen molar-refractivity contribution in [3.8, 4) is 0 Å². The Bertz CT molecular complexity index is 797. The van der Waals surface area contributed by atoms with Crippen molar-refractivity contribution in [3.05, 3.63) is 42.0 Å². The van der Waals surface area contributed by atoms with Crippen molar-refractivity contribution in [2.45, 2.75) is 6.18 Å². The molecule has 2 aromatic carbocycles. The highest BCUT2D eigenvalue weighted by atomic mass is 19.4. The van der Waals surface area contributed by atoms with Crippen molar-refractivity contribution in [1.82, 2.24) is 10.3 Å². The van der Waals surface area contributed by atoms with Crippen molar-refractivity contribution in [3.63, 3.8) is 0 Å². The third-order valence-electron chi connectivity index (χ3n) is 2.92. The van der Waals surface area contributed by atoms with E-state index in [1.165, 1.54) is 12.1 Å². The number of benzene rings is 2. The second-order valence-electron chi connectivity index (χ2n) is 4.37. The molecule has 108 valence electrons. The fourth-order valence-electron chi connectivity index (χ4n) is 1.92. The van der Waals surface area contributed by atoms with Crippen molar-refractivity contribution in [2.24, 2.45) is 0 Å². The molecule has 0 saturated carbocycles. The normalized spacial score (nSPS) is 11.8. The molecule has 1 heterocycles. The van der Waals surface area contributed by atoms with Crippen LogP contribution < -0.4 is 11.1 Å². The fraction of sp³-hybridized carbons (Fsp3) is 0.0769. The Kier molecular flexibility index (Phi) is 2.93. The van der Waals surface area contributed by atoms with Crippen molar-refractivity contribution >= 4 is 28.1 Å². The number of aromatic nitrogens is 2. The number of rotatable bonds is 2. The Morgan fingerprint density at radius 1 is 1.05 bits per heavy atom. The molecule has 0 spiro atoms. The number of nitrogens with zero attached hydrogens (tertiary/aromatic N) is 2. The van der Waals surface area contributed by atoms with Gasteiger partial charge in [-0.1, -0.05) is 6.07 Å². The largest absolute Gasteiger partial charge is 0.416 e.